The van der Waals surface area contributed by atoms with Crippen LogP contribution >= 0.6 is 38.9 Å². The van der Waals surface area contributed by atoms with Crippen molar-refractivity contribution in [2.24, 2.45) is 0 Å². The van der Waals surface area contributed by atoms with Crippen molar-refractivity contribution in [1.82, 2.24) is 0 Å². The molecule has 0 saturated heterocycles. The fourth-order valence-corrected chi connectivity index (χ4v) is 3.24. The zero-order valence-corrected chi connectivity index (χ0v) is 10.7. The van der Waals surface area contributed by atoms with Gasteiger partial charge < -0.3 is 4.74 Å². The SMILES string of the molecule is CCOc1c(Cl)ccc2c(Br)csc12. The van der Waals surface area contributed by atoms with Gasteiger partial charge in [0.1, 0.15) is 0 Å². The lowest BCUT2D eigenvalue weighted by Crippen LogP contribution is -1.91. The monoisotopic (exact) mass is 290 g/mol. The molecule has 0 saturated carbocycles. The molecule has 0 bridgehead atoms. The van der Waals surface area contributed by atoms with Crippen LogP contribution in [0.5, 0.6) is 5.75 Å². The Morgan fingerprint density at radius 2 is 2.29 bits per heavy atom. The van der Waals surface area contributed by atoms with E-state index in [-0.39, 0.29) is 0 Å². The summed E-state index contributed by atoms with van der Waals surface area (Å²) in [5.74, 6) is 0.794. The Balaban J connectivity index is 2.70. The Morgan fingerprint density at radius 3 is 3.00 bits per heavy atom. The number of halogens is 2. The van der Waals surface area contributed by atoms with E-state index in [0.29, 0.717) is 11.6 Å². The van der Waals surface area contributed by atoms with Crippen LogP contribution in [0, 0.1) is 0 Å². The van der Waals surface area contributed by atoms with E-state index in [9.17, 15) is 0 Å². The molecule has 1 aromatic carbocycles. The highest BCUT2D eigenvalue weighted by Gasteiger charge is 2.10. The lowest BCUT2D eigenvalue weighted by Gasteiger charge is -2.06. The van der Waals surface area contributed by atoms with E-state index in [1.165, 1.54) is 0 Å². The topological polar surface area (TPSA) is 9.23 Å². The number of benzene rings is 1. The normalized spacial score (nSPS) is 10.8. The fourth-order valence-electron chi connectivity index (χ4n) is 1.30. The highest BCUT2D eigenvalue weighted by molar-refractivity contribution is 9.10. The summed E-state index contributed by atoms with van der Waals surface area (Å²) in [5, 5.41) is 3.88. The second-order valence-corrected chi connectivity index (χ2v) is 4.91. The maximum absolute atomic E-state index is 6.06. The minimum absolute atomic E-state index is 0.633. The van der Waals surface area contributed by atoms with Gasteiger partial charge in [-0.2, -0.15) is 0 Å². The Bertz CT molecular complexity index is 466. The summed E-state index contributed by atoms with van der Waals surface area (Å²) in [6.07, 6.45) is 0. The first-order valence-electron chi connectivity index (χ1n) is 4.22. The van der Waals surface area contributed by atoms with E-state index in [0.717, 1.165) is 20.3 Å². The number of hydrogen-bond donors (Lipinski definition) is 0. The summed E-state index contributed by atoms with van der Waals surface area (Å²) in [7, 11) is 0. The van der Waals surface area contributed by atoms with Crippen molar-refractivity contribution in [2.75, 3.05) is 6.61 Å². The third kappa shape index (κ3) is 1.64. The standard InChI is InChI=1S/C10H8BrClOS/c1-2-13-9-8(12)4-3-6-7(11)5-14-10(6)9/h3-5H,2H2,1H3. The summed E-state index contributed by atoms with van der Waals surface area (Å²) in [6, 6.07) is 3.87. The van der Waals surface area contributed by atoms with Gasteiger partial charge in [-0.1, -0.05) is 17.7 Å². The lowest BCUT2D eigenvalue weighted by molar-refractivity contribution is 0.345. The van der Waals surface area contributed by atoms with Crippen LogP contribution < -0.4 is 4.74 Å². The van der Waals surface area contributed by atoms with E-state index in [2.05, 4.69) is 15.9 Å². The molecule has 0 aliphatic carbocycles. The third-order valence-electron chi connectivity index (χ3n) is 1.89. The largest absolute Gasteiger partial charge is 0.491 e. The van der Waals surface area contributed by atoms with E-state index in [1.54, 1.807) is 11.3 Å². The molecule has 1 aromatic heterocycles. The molecule has 0 amide bonds. The fraction of sp³-hybridized carbons (Fsp3) is 0.200. The zero-order chi connectivity index (χ0) is 10.1. The maximum Gasteiger partial charge on any atom is 0.155 e. The molecule has 0 atom stereocenters. The average molecular weight is 292 g/mol. The third-order valence-corrected chi connectivity index (χ3v) is 4.14. The predicted octanol–water partition coefficient (Wildman–Crippen LogP) is 4.72. The van der Waals surface area contributed by atoms with Crippen LogP contribution in [-0.4, -0.2) is 6.61 Å². The minimum Gasteiger partial charge on any atom is -0.491 e. The van der Waals surface area contributed by atoms with E-state index < -0.39 is 0 Å². The van der Waals surface area contributed by atoms with E-state index >= 15 is 0 Å². The zero-order valence-electron chi connectivity index (χ0n) is 7.51. The highest BCUT2D eigenvalue weighted by Crippen LogP contribution is 2.40. The van der Waals surface area contributed by atoms with Crippen LogP contribution in [0.4, 0.5) is 0 Å². The molecule has 14 heavy (non-hydrogen) atoms. The molecule has 0 N–H and O–H groups in total. The van der Waals surface area contributed by atoms with Gasteiger partial charge >= 0.3 is 0 Å². The number of hydrogen-bond acceptors (Lipinski definition) is 2. The van der Waals surface area contributed by atoms with Crippen molar-refractivity contribution >= 4 is 49.0 Å². The summed E-state index contributed by atoms with van der Waals surface area (Å²) >= 11 is 11.2. The first-order chi connectivity index (χ1) is 6.74. The van der Waals surface area contributed by atoms with Crippen LogP contribution in [-0.2, 0) is 0 Å². The van der Waals surface area contributed by atoms with Crippen LogP contribution in [0.25, 0.3) is 10.1 Å². The van der Waals surface area contributed by atoms with Gasteiger partial charge in [0.15, 0.2) is 5.75 Å². The van der Waals surface area contributed by atoms with Gasteiger partial charge in [0.05, 0.1) is 16.3 Å². The van der Waals surface area contributed by atoms with Gasteiger partial charge in [-0.05, 0) is 28.9 Å². The van der Waals surface area contributed by atoms with Gasteiger partial charge in [-0.3, -0.25) is 0 Å². The molecule has 2 rings (SSSR count). The van der Waals surface area contributed by atoms with Crippen molar-refractivity contribution in [1.29, 1.82) is 0 Å². The average Bonchev–Trinajstić information content (AvgIpc) is 2.53. The van der Waals surface area contributed by atoms with Crippen molar-refractivity contribution < 1.29 is 4.74 Å². The van der Waals surface area contributed by atoms with Crippen LogP contribution in [0.3, 0.4) is 0 Å². The second-order valence-electron chi connectivity index (χ2n) is 2.77. The molecule has 74 valence electrons. The van der Waals surface area contributed by atoms with Gasteiger partial charge in [0.25, 0.3) is 0 Å². The molecule has 2 aromatic rings. The van der Waals surface area contributed by atoms with Gasteiger partial charge in [-0.25, -0.2) is 0 Å². The molecule has 0 fully saturated rings. The number of thiophene rings is 1. The summed E-state index contributed by atoms with van der Waals surface area (Å²) in [4.78, 5) is 0. The Labute approximate surface area is 99.8 Å². The smallest absolute Gasteiger partial charge is 0.155 e. The number of ether oxygens (including phenoxy) is 1. The highest BCUT2D eigenvalue weighted by atomic mass is 79.9. The number of fused-ring (bicyclic) bond motifs is 1. The molecule has 0 unspecified atom stereocenters. The number of rotatable bonds is 2. The predicted molar refractivity (Wildman–Crippen MR) is 65.7 cm³/mol. The molecule has 0 aliphatic rings. The van der Waals surface area contributed by atoms with Crippen molar-refractivity contribution in [2.45, 2.75) is 6.92 Å². The first-order valence-corrected chi connectivity index (χ1v) is 6.27. The molecule has 0 aliphatic heterocycles. The van der Waals surface area contributed by atoms with Crippen LogP contribution in [0.2, 0.25) is 5.02 Å². The van der Waals surface area contributed by atoms with E-state index in [4.69, 9.17) is 16.3 Å². The summed E-state index contributed by atoms with van der Waals surface area (Å²) in [5.41, 5.74) is 0. The molecular formula is C10H8BrClOS. The summed E-state index contributed by atoms with van der Waals surface area (Å²) in [6.45, 7) is 2.59. The quantitative estimate of drug-likeness (QED) is 0.778. The Kier molecular flexibility index (Phi) is 3.00. The van der Waals surface area contributed by atoms with E-state index in [1.807, 2.05) is 24.4 Å². The second kappa shape index (κ2) is 4.09. The molecule has 0 spiro atoms. The molecule has 1 nitrogen and oxygen atoms in total. The van der Waals surface area contributed by atoms with Gasteiger partial charge in [0, 0.05) is 15.2 Å². The van der Waals surface area contributed by atoms with Crippen molar-refractivity contribution in [3.63, 3.8) is 0 Å². The van der Waals surface area contributed by atoms with Crippen LogP contribution in [0.15, 0.2) is 22.0 Å². The lowest BCUT2D eigenvalue weighted by atomic mass is 10.2. The maximum atomic E-state index is 6.06. The molecule has 4 heteroatoms. The van der Waals surface area contributed by atoms with Crippen molar-refractivity contribution in [3.8, 4) is 5.75 Å². The van der Waals surface area contributed by atoms with Crippen molar-refractivity contribution in [3.05, 3.63) is 27.0 Å². The molecular weight excluding hydrogens is 284 g/mol. The van der Waals surface area contributed by atoms with Gasteiger partial charge in [-0.15, -0.1) is 11.3 Å². The van der Waals surface area contributed by atoms with Gasteiger partial charge in [0.2, 0.25) is 0 Å². The molecule has 0 radical (unpaired) electrons. The molecule has 1 heterocycles. The summed E-state index contributed by atoms with van der Waals surface area (Å²) < 4.78 is 7.72. The Hall–Kier alpha value is -0.250. The van der Waals surface area contributed by atoms with Crippen LogP contribution in [0.1, 0.15) is 6.92 Å². The Morgan fingerprint density at radius 1 is 1.50 bits per heavy atom. The first kappa shape index (κ1) is 10.3. The minimum atomic E-state index is 0.633.